The summed E-state index contributed by atoms with van der Waals surface area (Å²) in [5.74, 6) is 1.26. The molecule has 1 saturated carbocycles. The summed E-state index contributed by atoms with van der Waals surface area (Å²) in [6.07, 6.45) is 6.22. The average molecular weight is 390 g/mol. The van der Waals surface area contributed by atoms with Gasteiger partial charge in [-0.1, -0.05) is 11.3 Å². The summed E-state index contributed by atoms with van der Waals surface area (Å²) in [6.45, 7) is 6.13. The molecule has 1 aliphatic carbocycles. The molecule has 29 heavy (non-hydrogen) atoms. The van der Waals surface area contributed by atoms with E-state index in [1.165, 1.54) is 12.8 Å². The second kappa shape index (κ2) is 7.55. The Morgan fingerprint density at radius 2 is 1.79 bits per heavy atom. The number of aromatic nitrogens is 5. The number of hydrogen-bond donors (Lipinski definition) is 1. The van der Waals surface area contributed by atoms with E-state index in [4.69, 9.17) is 9.72 Å². The van der Waals surface area contributed by atoms with Crippen LogP contribution in [0.5, 0.6) is 11.8 Å². The van der Waals surface area contributed by atoms with Gasteiger partial charge in [0.25, 0.3) is 0 Å². The number of aryl methyl sites for hydroxylation is 2. The maximum absolute atomic E-state index is 6.00. The summed E-state index contributed by atoms with van der Waals surface area (Å²) in [5, 5.41) is 12.5. The molecular formula is C22H26N6O. The largest absolute Gasteiger partial charge is 0.424 e. The molecule has 7 heteroatoms. The molecule has 2 aromatic heterocycles. The minimum absolute atomic E-state index is 0.352. The zero-order valence-electron chi connectivity index (χ0n) is 16.9. The predicted molar refractivity (Wildman–Crippen MR) is 110 cm³/mol. The third kappa shape index (κ3) is 3.87. The van der Waals surface area contributed by atoms with Crippen molar-refractivity contribution in [2.45, 2.75) is 51.5 Å². The Morgan fingerprint density at radius 3 is 2.52 bits per heavy atom. The van der Waals surface area contributed by atoms with E-state index in [0.29, 0.717) is 18.0 Å². The summed E-state index contributed by atoms with van der Waals surface area (Å²) >= 11 is 0. The molecule has 0 spiro atoms. The highest BCUT2D eigenvalue weighted by Crippen LogP contribution is 2.44. The van der Waals surface area contributed by atoms with Crippen molar-refractivity contribution in [3.8, 4) is 23.1 Å². The molecule has 2 fully saturated rings. The smallest absolute Gasteiger partial charge is 0.322 e. The minimum atomic E-state index is 0.352. The number of hydrogen-bond acceptors (Lipinski definition) is 6. The van der Waals surface area contributed by atoms with Gasteiger partial charge in [-0.05, 0) is 81.9 Å². The van der Waals surface area contributed by atoms with E-state index in [9.17, 15) is 0 Å². The molecule has 3 heterocycles. The second-order valence-electron chi connectivity index (χ2n) is 8.17. The topological polar surface area (TPSA) is 77.8 Å². The van der Waals surface area contributed by atoms with Crippen LogP contribution in [0.3, 0.4) is 0 Å². The van der Waals surface area contributed by atoms with Gasteiger partial charge in [0.15, 0.2) is 0 Å². The minimum Gasteiger partial charge on any atom is -0.424 e. The summed E-state index contributed by atoms with van der Waals surface area (Å²) in [6, 6.07) is 8.77. The van der Waals surface area contributed by atoms with Crippen molar-refractivity contribution >= 4 is 0 Å². The Bertz CT molecular complexity index is 1000. The monoisotopic (exact) mass is 390 g/mol. The van der Waals surface area contributed by atoms with Crippen molar-refractivity contribution in [3.63, 3.8) is 0 Å². The van der Waals surface area contributed by atoms with E-state index in [2.05, 4.69) is 45.2 Å². The molecule has 0 unspecified atom stereocenters. The molecule has 1 N–H and O–H groups in total. The van der Waals surface area contributed by atoms with E-state index in [1.807, 2.05) is 18.2 Å². The van der Waals surface area contributed by atoms with Gasteiger partial charge in [0.1, 0.15) is 11.4 Å². The van der Waals surface area contributed by atoms with Gasteiger partial charge in [-0.2, -0.15) is 4.98 Å². The number of rotatable bonds is 5. The molecule has 0 bridgehead atoms. The third-order valence-corrected chi connectivity index (χ3v) is 5.62. The van der Waals surface area contributed by atoms with Crippen LogP contribution < -0.4 is 10.1 Å². The number of nitrogens with one attached hydrogen (secondary N) is 1. The first-order valence-electron chi connectivity index (χ1n) is 10.4. The van der Waals surface area contributed by atoms with Crippen LogP contribution in [0.1, 0.15) is 54.5 Å². The van der Waals surface area contributed by atoms with Crippen LogP contribution in [0.2, 0.25) is 0 Å². The predicted octanol–water partition coefficient (Wildman–Crippen LogP) is 3.95. The fourth-order valence-corrected chi connectivity index (χ4v) is 4.11. The molecule has 3 aromatic rings. The SMILES string of the molecule is Cc1cc(C)cc(Oc2nccc(-c3c(C4CC4)nnn3C3CCNCC3)n2)c1. The van der Waals surface area contributed by atoms with E-state index >= 15 is 0 Å². The van der Waals surface area contributed by atoms with Gasteiger partial charge in [-0.25, -0.2) is 9.67 Å². The van der Waals surface area contributed by atoms with Gasteiger partial charge >= 0.3 is 6.01 Å². The molecule has 0 atom stereocenters. The lowest BCUT2D eigenvalue weighted by Gasteiger charge is -2.24. The van der Waals surface area contributed by atoms with Crippen molar-refractivity contribution in [2.75, 3.05) is 13.1 Å². The van der Waals surface area contributed by atoms with Gasteiger partial charge in [0, 0.05) is 12.1 Å². The van der Waals surface area contributed by atoms with Crippen molar-refractivity contribution < 1.29 is 4.74 Å². The number of piperidine rings is 1. The fraction of sp³-hybridized carbons (Fsp3) is 0.455. The maximum atomic E-state index is 6.00. The zero-order chi connectivity index (χ0) is 19.8. The van der Waals surface area contributed by atoms with Crippen LogP contribution in [-0.2, 0) is 0 Å². The van der Waals surface area contributed by atoms with Crippen LogP contribution in [-0.4, -0.2) is 38.1 Å². The lowest BCUT2D eigenvalue weighted by atomic mass is 10.1. The first-order valence-corrected chi connectivity index (χ1v) is 10.4. The summed E-state index contributed by atoms with van der Waals surface area (Å²) in [4.78, 5) is 9.09. The van der Waals surface area contributed by atoms with E-state index in [1.54, 1.807) is 6.20 Å². The van der Waals surface area contributed by atoms with Crippen molar-refractivity contribution in [3.05, 3.63) is 47.3 Å². The van der Waals surface area contributed by atoms with Crippen LogP contribution in [0.25, 0.3) is 11.4 Å². The van der Waals surface area contributed by atoms with Gasteiger partial charge in [0.05, 0.1) is 17.4 Å². The summed E-state index contributed by atoms with van der Waals surface area (Å²) in [7, 11) is 0. The first kappa shape index (κ1) is 18.2. The standard InChI is InChI=1S/C22H26N6O/c1-14-11-15(2)13-18(12-14)29-22-24-10-7-19(25-22)21-20(16-3-4-16)26-27-28(21)17-5-8-23-9-6-17/h7,10-13,16-17,23H,3-6,8-9H2,1-2H3. The third-order valence-electron chi connectivity index (χ3n) is 5.62. The zero-order valence-corrected chi connectivity index (χ0v) is 16.9. The van der Waals surface area contributed by atoms with Crippen molar-refractivity contribution in [2.24, 2.45) is 0 Å². The molecule has 5 rings (SSSR count). The number of benzene rings is 1. The van der Waals surface area contributed by atoms with Crippen LogP contribution >= 0.6 is 0 Å². The lowest BCUT2D eigenvalue weighted by Crippen LogP contribution is -2.30. The highest BCUT2D eigenvalue weighted by molar-refractivity contribution is 5.59. The highest BCUT2D eigenvalue weighted by Gasteiger charge is 2.33. The molecule has 7 nitrogen and oxygen atoms in total. The highest BCUT2D eigenvalue weighted by atomic mass is 16.5. The Hall–Kier alpha value is -2.80. The fourth-order valence-electron chi connectivity index (χ4n) is 4.11. The quantitative estimate of drug-likeness (QED) is 0.711. The maximum Gasteiger partial charge on any atom is 0.322 e. The molecule has 150 valence electrons. The molecule has 1 saturated heterocycles. The van der Waals surface area contributed by atoms with Gasteiger partial charge in [0.2, 0.25) is 0 Å². The van der Waals surface area contributed by atoms with E-state index < -0.39 is 0 Å². The molecule has 0 radical (unpaired) electrons. The second-order valence-corrected chi connectivity index (χ2v) is 8.17. The Labute approximate surface area is 170 Å². The molecular weight excluding hydrogens is 364 g/mol. The molecule has 0 amide bonds. The summed E-state index contributed by atoms with van der Waals surface area (Å²) < 4.78 is 8.09. The Kier molecular flexibility index (Phi) is 4.75. The normalized spacial score (nSPS) is 17.4. The number of nitrogens with zero attached hydrogens (tertiary/aromatic N) is 5. The molecule has 1 aliphatic heterocycles. The first-order chi connectivity index (χ1) is 14.2. The van der Waals surface area contributed by atoms with Crippen LogP contribution in [0, 0.1) is 13.8 Å². The van der Waals surface area contributed by atoms with E-state index in [-0.39, 0.29) is 0 Å². The molecule has 2 aliphatic rings. The molecule has 1 aromatic carbocycles. The van der Waals surface area contributed by atoms with Gasteiger partial charge in [-0.15, -0.1) is 5.10 Å². The number of ether oxygens (including phenoxy) is 1. The summed E-state index contributed by atoms with van der Waals surface area (Å²) in [5.41, 5.74) is 5.25. The van der Waals surface area contributed by atoms with Crippen molar-refractivity contribution in [1.29, 1.82) is 0 Å². The van der Waals surface area contributed by atoms with E-state index in [0.717, 1.165) is 59.9 Å². The van der Waals surface area contributed by atoms with Crippen LogP contribution in [0.15, 0.2) is 30.5 Å². The Balaban J connectivity index is 1.50. The Morgan fingerprint density at radius 1 is 1.03 bits per heavy atom. The van der Waals surface area contributed by atoms with Crippen LogP contribution in [0.4, 0.5) is 0 Å². The van der Waals surface area contributed by atoms with Crippen molar-refractivity contribution in [1.82, 2.24) is 30.3 Å². The van der Waals surface area contributed by atoms with Gasteiger partial charge < -0.3 is 10.1 Å². The lowest BCUT2D eigenvalue weighted by molar-refractivity contribution is 0.340. The van der Waals surface area contributed by atoms with Gasteiger partial charge in [-0.3, -0.25) is 0 Å². The average Bonchev–Trinajstić information content (AvgIpc) is 3.46.